The van der Waals surface area contributed by atoms with Crippen LogP contribution in [0.25, 0.3) is 39.5 Å². The lowest BCUT2D eigenvalue weighted by molar-refractivity contribution is 0.0103. The summed E-state index contributed by atoms with van der Waals surface area (Å²) >= 11 is 0. The first-order chi connectivity index (χ1) is 23.4. The van der Waals surface area contributed by atoms with E-state index in [-0.39, 0.29) is 22.6 Å². The molecule has 0 aliphatic carbocycles. The minimum absolute atomic E-state index is 0.0801. The van der Waals surface area contributed by atoms with Crippen molar-refractivity contribution in [3.05, 3.63) is 120 Å². The van der Waals surface area contributed by atoms with E-state index in [9.17, 15) is 14.7 Å². The van der Waals surface area contributed by atoms with Crippen molar-refractivity contribution in [2.24, 2.45) is 5.41 Å². The standard InChI is InChI=1S/C38H33N7O3/c39-34-30(7-4-17-40-34)35-42-32-15-14-31(26-5-2-1-3-6-26)41-36(32)45(35)29-12-8-25(9-13-29)20-43-18-16-38(22-43)23-44(24-38)37(48)27-10-11-28(21-46)33(47)19-27/h1-15,17,19,21,47H,16,18,20,22-24H2,(H2,39,40). The van der Waals surface area contributed by atoms with Crippen molar-refractivity contribution in [3.8, 4) is 34.1 Å². The SMILES string of the molecule is Nc1ncccc1-c1nc2ccc(-c3ccccc3)nc2n1-c1ccc(CN2CCC3(C2)CN(C(=O)c2ccc(C=O)c(O)c2)C3)cc1. The number of carbonyl (C=O) groups is 2. The van der Waals surface area contributed by atoms with Gasteiger partial charge in [-0.3, -0.25) is 19.1 Å². The number of hydrogen-bond donors (Lipinski definition) is 2. The molecule has 2 saturated heterocycles. The average molecular weight is 636 g/mol. The number of amides is 1. The van der Waals surface area contributed by atoms with E-state index in [1.807, 2.05) is 59.5 Å². The molecule has 48 heavy (non-hydrogen) atoms. The molecule has 3 aromatic heterocycles. The molecule has 3 aromatic carbocycles. The highest BCUT2D eigenvalue weighted by Crippen LogP contribution is 2.41. The molecule has 238 valence electrons. The fraction of sp³-hybridized carbons (Fsp3) is 0.184. The number of aromatic nitrogens is 4. The van der Waals surface area contributed by atoms with Crippen LogP contribution >= 0.6 is 0 Å². The normalized spacial score (nSPS) is 15.5. The Morgan fingerprint density at radius 1 is 0.917 bits per heavy atom. The van der Waals surface area contributed by atoms with Crippen molar-refractivity contribution in [2.75, 3.05) is 31.9 Å². The molecule has 10 nitrogen and oxygen atoms in total. The number of likely N-dealkylation sites (tertiary alicyclic amines) is 2. The molecule has 0 saturated carbocycles. The van der Waals surface area contributed by atoms with Crippen molar-refractivity contribution in [1.82, 2.24) is 29.3 Å². The number of rotatable bonds is 7. The van der Waals surface area contributed by atoms with Gasteiger partial charge in [0.15, 0.2) is 17.8 Å². The van der Waals surface area contributed by atoms with Gasteiger partial charge in [-0.15, -0.1) is 0 Å². The highest BCUT2D eigenvalue weighted by molar-refractivity contribution is 5.96. The number of benzene rings is 3. The van der Waals surface area contributed by atoms with E-state index in [2.05, 4.69) is 38.7 Å². The number of carbonyl (C=O) groups excluding carboxylic acids is 2. The number of hydrogen-bond acceptors (Lipinski definition) is 8. The summed E-state index contributed by atoms with van der Waals surface area (Å²) in [4.78, 5) is 42.7. The Balaban J connectivity index is 1.01. The number of nitrogens with zero attached hydrogens (tertiary/aromatic N) is 6. The number of phenolic OH excluding ortho intramolecular Hbond substituents is 1. The molecule has 2 fully saturated rings. The topological polar surface area (TPSA) is 130 Å². The van der Waals surface area contributed by atoms with E-state index >= 15 is 0 Å². The first-order valence-electron chi connectivity index (χ1n) is 15.9. The van der Waals surface area contributed by atoms with Crippen molar-refractivity contribution in [1.29, 1.82) is 0 Å². The molecule has 0 atom stereocenters. The number of phenols is 1. The van der Waals surface area contributed by atoms with E-state index in [0.29, 0.717) is 36.6 Å². The number of nitrogen functional groups attached to an aromatic ring is 1. The summed E-state index contributed by atoms with van der Waals surface area (Å²) in [6.07, 6.45) is 3.28. The Kier molecular flexibility index (Phi) is 7.22. The number of nitrogens with two attached hydrogens (primary N) is 1. The van der Waals surface area contributed by atoms with Gasteiger partial charge in [-0.25, -0.2) is 15.0 Å². The second-order valence-electron chi connectivity index (χ2n) is 12.8. The quantitative estimate of drug-likeness (QED) is 0.217. The maximum absolute atomic E-state index is 13.0. The number of anilines is 1. The van der Waals surface area contributed by atoms with Crippen LogP contribution in [0.4, 0.5) is 5.82 Å². The van der Waals surface area contributed by atoms with E-state index in [1.165, 1.54) is 17.7 Å². The monoisotopic (exact) mass is 635 g/mol. The van der Waals surface area contributed by atoms with Gasteiger partial charge in [0.05, 0.1) is 16.8 Å². The summed E-state index contributed by atoms with van der Waals surface area (Å²) in [5, 5.41) is 10.0. The molecule has 2 aliphatic heterocycles. The third-order valence-corrected chi connectivity index (χ3v) is 9.52. The highest BCUT2D eigenvalue weighted by Gasteiger charge is 2.49. The van der Waals surface area contributed by atoms with E-state index in [1.54, 1.807) is 12.3 Å². The van der Waals surface area contributed by atoms with Crippen LogP contribution in [0, 0.1) is 5.41 Å². The Morgan fingerprint density at radius 3 is 2.48 bits per heavy atom. The molecule has 2 aliphatic rings. The third kappa shape index (κ3) is 5.26. The van der Waals surface area contributed by atoms with E-state index in [0.717, 1.165) is 59.7 Å². The molecule has 10 heteroatoms. The van der Waals surface area contributed by atoms with Crippen LogP contribution in [-0.2, 0) is 6.54 Å². The first kappa shape index (κ1) is 29.5. The zero-order valence-electron chi connectivity index (χ0n) is 26.2. The molecule has 3 N–H and O–H groups in total. The largest absolute Gasteiger partial charge is 0.507 e. The smallest absolute Gasteiger partial charge is 0.254 e. The van der Waals surface area contributed by atoms with Crippen LogP contribution in [0.15, 0.2) is 103 Å². The maximum Gasteiger partial charge on any atom is 0.254 e. The number of imidazole rings is 1. The molecule has 0 radical (unpaired) electrons. The van der Waals surface area contributed by atoms with Crippen LogP contribution in [-0.4, -0.2) is 72.8 Å². The second-order valence-corrected chi connectivity index (χ2v) is 12.8. The summed E-state index contributed by atoms with van der Waals surface area (Å²) in [7, 11) is 0. The minimum Gasteiger partial charge on any atom is -0.507 e. The average Bonchev–Trinajstić information content (AvgIpc) is 3.70. The van der Waals surface area contributed by atoms with E-state index < -0.39 is 0 Å². The minimum atomic E-state index is -0.170. The lowest BCUT2D eigenvalue weighted by Crippen LogP contribution is -2.59. The molecule has 8 rings (SSSR count). The number of aldehydes is 1. The molecule has 0 bridgehead atoms. The molecule has 6 aromatic rings. The lowest BCUT2D eigenvalue weighted by Gasteiger charge is -2.48. The van der Waals surface area contributed by atoms with E-state index in [4.69, 9.17) is 15.7 Å². The highest BCUT2D eigenvalue weighted by atomic mass is 16.3. The van der Waals surface area contributed by atoms with Gasteiger partial charge in [0.2, 0.25) is 0 Å². The number of fused-ring (bicyclic) bond motifs is 1. The summed E-state index contributed by atoms with van der Waals surface area (Å²) in [6.45, 7) is 4.05. The van der Waals surface area contributed by atoms with Gasteiger partial charge in [0.25, 0.3) is 5.91 Å². The van der Waals surface area contributed by atoms with Gasteiger partial charge in [-0.2, -0.15) is 0 Å². The Labute approximate surface area is 277 Å². The predicted octanol–water partition coefficient (Wildman–Crippen LogP) is 5.60. The van der Waals surface area contributed by atoms with Gasteiger partial charge in [0.1, 0.15) is 17.1 Å². The first-order valence-corrected chi connectivity index (χ1v) is 15.9. The van der Waals surface area contributed by atoms with Crippen LogP contribution < -0.4 is 5.73 Å². The van der Waals surface area contributed by atoms with Gasteiger partial charge in [-0.1, -0.05) is 42.5 Å². The van der Waals surface area contributed by atoms with Gasteiger partial charge < -0.3 is 15.7 Å². The molecule has 1 spiro atoms. The Hall–Kier alpha value is -5.87. The fourth-order valence-electron chi connectivity index (χ4n) is 7.05. The summed E-state index contributed by atoms with van der Waals surface area (Å²) in [5.41, 5.74) is 13.2. The van der Waals surface area contributed by atoms with Crippen molar-refractivity contribution in [3.63, 3.8) is 0 Å². The molecule has 0 unspecified atom stereocenters. The van der Waals surface area contributed by atoms with Gasteiger partial charge >= 0.3 is 0 Å². The molecular weight excluding hydrogens is 602 g/mol. The van der Waals surface area contributed by atoms with Crippen LogP contribution in [0.5, 0.6) is 5.75 Å². The molecule has 1 amide bonds. The van der Waals surface area contributed by atoms with Crippen LogP contribution in [0.2, 0.25) is 0 Å². The molecular formula is C38H33N7O3. The number of aromatic hydroxyl groups is 1. The lowest BCUT2D eigenvalue weighted by atomic mass is 9.78. The Bertz CT molecular complexity index is 2170. The third-order valence-electron chi connectivity index (χ3n) is 9.52. The zero-order chi connectivity index (χ0) is 32.8. The Morgan fingerprint density at radius 2 is 1.73 bits per heavy atom. The van der Waals surface area contributed by atoms with Crippen molar-refractivity contribution in [2.45, 2.75) is 13.0 Å². The van der Waals surface area contributed by atoms with Gasteiger partial charge in [0, 0.05) is 54.6 Å². The zero-order valence-corrected chi connectivity index (χ0v) is 26.2. The predicted molar refractivity (Wildman–Crippen MR) is 184 cm³/mol. The van der Waals surface area contributed by atoms with Crippen molar-refractivity contribution >= 4 is 29.2 Å². The fourth-order valence-corrected chi connectivity index (χ4v) is 7.05. The summed E-state index contributed by atoms with van der Waals surface area (Å²) in [6, 6.07) is 30.8. The van der Waals surface area contributed by atoms with Crippen molar-refractivity contribution < 1.29 is 14.7 Å². The van der Waals surface area contributed by atoms with Gasteiger partial charge in [-0.05, 0) is 73.1 Å². The summed E-state index contributed by atoms with van der Waals surface area (Å²) in [5.74, 6) is 0.798. The van der Waals surface area contributed by atoms with Crippen LogP contribution in [0.3, 0.4) is 0 Å². The number of pyridine rings is 2. The summed E-state index contributed by atoms with van der Waals surface area (Å²) < 4.78 is 2.05. The maximum atomic E-state index is 13.0. The molecule has 5 heterocycles. The van der Waals surface area contributed by atoms with Crippen LogP contribution in [0.1, 0.15) is 32.7 Å². The second kappa shape index (κ2) is 11.7.